The predicted octanol–water partition coefficient (Wildman–Crippen LogP) is 3.61. The van der Waals surface area contributed by atoms with E-state index in [-0.39, 0.29) is 5.91 Å². The van der Waals surface area contributed by atoms with Crippen molar-refractivity contribution in [3.05, 3.63) is 71.3 Å². The van der Waals surface area contributed by atoms with Crippen LogP contribution in [-0.4, -0.2) is 55.0 Å². The first-order valence-corrected chi connectivity index (χ1v) is 9.29. The van der Waals surface area contributed by atoms with Crippen LogP contribution in [0.1, 0.15) is 5.56 Å². The second kappa shape index (κ2) is 9.53. The van der Waals surface area contributed by atoms with E-state index in [9.17, 15) is 4.79 Å². The average Bonchev–Trinajstić information content (AvgIpc) is 2.66. The number of nitrogens with zero attached hydrogens (tertiary/aromatic N) is 2. The van der Waals surface area contributed by atoms with Crippen LogP contribution < -0.4 is 5.32 Å². The lowest BCUT2D eigenvalue weighted by atomic mass is 10.2. The largest absolute Gasteiger partial charge is 0.324 e. The van der Waals surface area contributed by atoms with Crippen molar-refractivity contribution >= 4 is 29.3 Å². The molecule has 1 aliphatic rings. The number of piperazine rings is 1. The fraction of sp³-hybridized carbons (Fsp3) is 0.286. The van der Waals surface area contributed by atoms with E-state index >= 15 is 0 Å². The van der Waals surface area contributed by atoms with E-state index in [4.69, 9.17) is 11.6 Å². The summed E-state index contributed by atoms with van der Waals surface area (Å²) in [6.07, 6.45) is 4.36. The van der Waals surface area contributed by atoms with Gasteiger partial charge in [-0.25, -0.2) is 0 Å². The summed E-state index contributed by atoms with van der Waals surface area (Å²) in [6.45, 7) is 5.08. The normalized spacial score (nSPS) is 16.0. The van der Waals surface area contributed by atoms with Gasteiger partial charge in [-0.05, 0) is 17.7 Å². The van der Waals surface area contributed by atoms with Crippen molar-refractivity contribution in [2.75, 3.05) is 44.6 Å². The van der Waals surface area contributed by atoms with Crippen LogP contribution in [0.25, 0.3) is 6.08 Å². The Morgan fingerprint density at radius 3 is 2.35 bits per heavy atom. The molecule has 5 heteroatoms. The van der Waals surface area contributed by atoms with Crippen molar-refractivity contribution in [3.8, 4) is 0 Å². The smallest absolute Gasteiger partial charge is 0.238 e. The van der Waals surface area contributed by atoms with E-state index in [1.807, 2.05) is 36.4 Å². The van der Waals surface area contributed by atoms with E-state index in [2.05, 4.69) is 39.4 Å². The van der Waals surface area contributed by atoms with Crippen molar-refractivity contribution in [2.45, 2.75) is 0 Å². The quantitative estimate of drug-likeness (QED) is 0.844. The fourth-order valence-electron chi connectivity index (χ4n) is 2.99. The Bertz CT molecular complexity index is 740. The molecule has 0 spiro atoms. The third-order valence-electron chi connectivity index (χ3n) is 4.45. The standard InChI is InChI=1S/C21H24ClN3O/c22-19-10-4-5-11-20(19)23-21(26)17-25-15-13-24(14-16-25)12-6-9-18-7-2-1-3-8-18/h1-11H,12-17H2,(H,23,26)/b9-6+. The summed E-state index contributed by atoms with van der Waals surface area (Å²) < 4.78 is 0. The summed E-state index contributed by atoms with van der Waals surface area (Å²) in [5.74, 6) is -0.0180. The number of hydrogen-bond donors (Lipinski definition) is 1. The Morgan fingerprint density at radius 1 is 0.962 bits per heavy atom. The SMILES string of the molecule is O=C(CN1CCN(C/C=C/c2ccccc2)CC1)Nc1ccccc1Cl. The van der Waals surface area contributed by atoms with Crippen LogP contribution in [0, 0.1) is 0 Å². The van der Waals surface area contributed by atoms with Crippen molar-refractivity contribution in [3.63, 3.8) is 0 Å². The van der Waals surface area contributed by atoms with Gasteiger partial charge in [0.2, 0.25) is 5.91 Å². The van der Waals surface area contributed by atoms with E-state index < -0.39 is 0 Å². The van der Waals surface area contributed by atoms with Crippen molar-refractivity contribution in [1.82, 2.24) is 9.80 Å². The first kappa shape index (κ1) is 18.6. The molecule has 0 aliphatic carbocycles. The molecular formula is C21H24ClN3O. The van der Waals surface area contributed by atoms with Gasteiger partial charge in [0.05, 0.1) is 17.3 Å². The number of hydrogen-bond acceptors (Lipinski definition) is 3. The van der Waals surface area contributed by atoms with Gasteiger partial charge in [-0.3, -0.25) is 14.6 Å². The van der Waals surface area contributed by atoms with Crippen LogP contribution in [-0.2, 0) is 4.79 Å². The summed E-state index contributed by atoms with van der Waals surface area (Å²) >= 11 is 6.08. The van der Waals surface area contributed by atoms with Gasteiger partial charge in [-0.2, -0.15) is 0 Å². The van der Waals surface area contributed by atoms with Crippen LogP contribution in [0.4, 0.5) is 5.69 Å². The zero-order valence-electron chi connectivity index (χ0n) is 14.8. The number of carbonyl (C=O) groups is 1. The van der Waals surface area contributed by atoms with Gasteiger partial charge in [0.25, 0.3) is 0 Å². The molecule has 26 heavy (non-hydrogen) atoms. The second-order valence-electron chi connectivity index (χ2n) is 6.42. The van der Waals surface area contributed by atoms with Gasteiger partial charge >= 0.3 is 0 Å². The van der Waals surface area contributed by atoms with Gasteiger partial charge in [0.1, 0.15) is 0 Å². The highest BCUT2D eigenvalue weighted by atomic mass is 35.5. The summed E-state index contributed by atoms with van der Waals surface area (Å²) in [5, 5.41) is 3.45. The van der Waals surface area contributed by atoms with Crippen molar-refractivity contribution in [1.29, 1.82) is 0 Å². The minimum absolute atomic E-state index is 0.0180. The van der Waals surface area contributed by atoms with E-state index in [1.54, 1.807) is 6.07 Å². The lowest BCUT2D eigenvalue weighted by Crippen LogP contribution is -2.48. The van der Waals surface area contributed by atoms with Gasteiger partial charge in [-0.1, -0.05) is 66.2 Å². The van der Waals surface area contributed by atoms with E-state index in [0.29, 0.717) is 17.3 Å². The molecule has 0 bridgehead atoms. The molecule has 1 aliphatic heterocycles. The number of amides is 1. The number of carbonyl (C=O) groups excluding carboxylic acids is 1. The van der Waals surface area contributed by atoms with Crippen LogP contribution in [0.3, 0.4) is 0 Å². The summed E-state index contributed by atoms with van der Waals surface area (Å²) in [4.78, 5) is 16.8. The Labute approximate surface area is 160 Å². The Hall–Kier alpha value is -2.14. The molecule has 3 rings (SSSR count). The van der Waals surface area contributed by atoms with Gasteiger partial charge in [-0.15, -0.1) is 0 Å². The van der Waals surface area contributed by atoms with Crippen molar-refractivity contribution < 1.29 is 4.79 Å². The molecule has 1 amide bonds. The van der Waals surface area contributed by atoms with Gasteiger partial charge in [0, 0.05) is 32.7 Å². The molecule has 0 aromatic heterocycles. The van der Waals surface area contributed by atoms with Crippen LogP contribution in [0.15, 0.2) is 60.7 Å². The molecule has 1 N–H and O–H groups in total. The molecule has 0 unspecified atom stereocenters. The molecule has 4 nitrogen and oxygen atoms in total. The van der Waals surface area contributed by atoms with Gasteiger partial charge in [0.15, 0.2) is 0 Å². The fourth-order valence-corrected chi connectivity index (χ4v) is 3.17. The molecule has 1 heterocycles. The molecule has 0 radical (unpaired) electrons. The zero-order valence-corrected chi connectivity index (χ0v) is 15.5. The highest BCUT2D eigenvalue weighted by Gasteiger charge is 2.18. The lowest BCUT2D eigenvalue weighted by Gasteiger charge is -2.33. The van der Waals surface area contributed by atoms with Crippen LogP contribution in [0.5, 0.6) is 0 Å². The molecule has 2 aromatic carbocycles. The summed E-state index contributed by atoms with van der Waals surface area (Å²) in [6, 6.07) is 17.6. The maximum atomic E-state index is 12.2. The molecule has 136 valence electrons. The zero-order chi connectivity index (χ0) is 18.2. The number of benzene rings is 2. The van der Waals surface area contributed by atoms with E-state index in [0.717, 1.165) is 32.7 Å². The van der Waals surface area contributed by atoms with Crippen molar-refractivity contribution in [2.24, 2.45) is 0 Å². The molecular weight excluding hydrogens is 346 g/mol. The Balaban J connectivity index is 1.39. The molecule has 2 aromatic rings. The lowest BCUT2D eigenvalue weighted by molar-refractivity contribution is -0.117. The summed E-state index contributed by atoms with van der Waals surface area (Å²) in [5.41, 5.74) is 1.89. The number of para-hydroxylation sites is 1. The highest BCUT2D eigenvalue weighted by Crippen LogP contribution is 2.20. The Kier molecular flexibility index (Phi) is 6.83. The second-order valence-corrected chi connectivity index (χ2v) is 6.83. The highest BCUT2D eigenvalue weighted by molar-refractivity contribution is 6.33. The number of anilines is 1. The predicted molar refractivity (Wildman–Crippen MR) is 108 cm³/mol. The summed E-state index contributed by atoms with van der Waals surface area (Å²) in [7, 11) is 0. The number of halogens is 1. The molecule has 0 saturated carbocycles. The molecule has 1 saturated heterocycles. The third kappa shape index (κ3) is 5.70. The average molecular weight is 370 g/mol. The van der Waals surface area contributed by atoms with E-state index in [1.165, 1.54) is 5.56 Å². The minimum Gasteiger partial charge on any atom is -0.324 e. The first-order chi connectivity index (χ1) is 12.7. The maximum absolute atomic E-state index is 12.2. The van der Waals surface area contributed by atoms with Crippen LogP contribution in [0.2, 0.25) is 5.02 Å². The van der Waals surface area contributed by atoms with Crippen LogP contribution >= 0.6 is 11.6 Å². The number of nitrogens with one attached hydrogen (secondary N) is 1. The molecule has 0 atom stereocenters. The number of rotatable bonds is 6. The monoisotopic (exact) mass is 369 g/mol. The maximum Gasteiger partial charge on any atom is 0.238 e. The first-order valence-electron chi connectivity index (χ1n) is 8.91. The molecule has 1 fully saturated rings. The third-order valence-corrected chi connectivity index (χ3v) is 4.78. The minimum atomic E-state index is -0.0180. The topological polar surface area (TPSA) is 35.6 Å². The Morgan fingerprint density at radius 2 is 1.62 bits per heavy atom. The van der Waals surface area contributed by atoms with Gasteiger partial charge < -0.3 is 5.32 Å².